The third kappa shape index (κ3) is 3.82. The molecule has 3 aromatic rings. The van der Waals surface area contributed by atoms with E-state index in [4.69, 9.17) is 9.26 Å². The highest BCUT2D eigenvalue weighted by molar-refractivity contribution is 7.89. The molecule has 3 rings (SSSR count). The summed E-state index contributed by atoms with van der Waals surface area (Å²) in [5.41, 5.74) is 0.934. The van der Waals surface area contributed by atoms with Gasteiger partial charge in [-0.2, -0.15) is 16.3 Å². The lowest BCUT2D eigenvalue weighted by atomic mass is 10.2. The van der Waals surface area contributed by atoms with Crippen molar-refractivity contribution in [3.63, 3.8) is 0 Å². The van der Waals surface area contributed by atoms with Gasteiger partial charge in [-0.1, -0.05) is 11.2 Å². The Morgan fingerprint density at radius 1 is 1.31 bits per heavy atom. The second kappa shape index (κ2) is 7.36. The Bertz CT molecular complexity index is 1010. The summed E-state index contributed by atoms with van der Waals surface area (Å²) in [7, 11) is -0.801. The van der Waals surface area contributed by atoms with Gasteiger partial charge in [0.15, 0.2) is 6.61 Å². The summed E-state index contributed by atoms with van der Waals surface area (Å²) in [6.45, 7) is -0.208. The van der Waals surface area contributed by atoms with Crippen LogP contribution in [0.5, 0.6) is 0 Å². The van der Waals surface area contributed by atoms with Crippen LogP contribution in [0.4, 0.5) is 0 Å². The number of benzene rings is 1. The zero-order chi connectivity index (χ0) is 18.7. The number of rotatable bonds is 6. The zero-order valence-corrected chi connectivity index (χ0v) is 15.6. The minimum Gasteiger partial charge on any atom is -0.452 e. The Hall–Kier alpha value is -2.56. The van der Waals surface area contributed by atoms with Gasteiger partial charge in [0.2, 0.25) is 15.8 Å². The third-order valence-electron chi connectivity index (χ3n) is 3.42. The van der Waals surface area contributed by atoms with Gasteiger partial charge in [0.25, 0.3) is 5.89 Å². The molecule has 0 amide bonds. The molecule has 0 radical (unpaired) electrons. The quantitative estimate of drug-likeness (QED) is 0.593. The number of sulfonamides is 1. The zero-order valence-electron chi connectivity index (χ0n) is 13.9. The lowest BCUT2D eigenvalue weighted by molar-refractivity contribution is 0.0429. The lowest BCUT2D eigenvalue weighted by Gasteiger charge is -2.11. The predicted octanol–water partition coefficient (Wildman–Crippen LogP) is 2.41. The van der Waals surface area contributed by atoms with Crippen LogP contribution in [0.2, 0.25) is 0 Å². The van der Waals surface area contributed by atoms with E-state index in [1.165, 1.54) is 49.7 Å². The van der Waals surface area contributed by atoms with Gasteiger partial charge in [-0.25, -0.2) is 17.5 Å². The topological polar surface area (TPSA) is 103 Å². The van der Waals surface area contributed by atoms with Crippen molar-refractivity contribution in [2.45, 2.75) is 11.5 Å². The van der Waals surface area contributed by atoms with Crippen LogP contribution in [0, 0.1) is 0 Å². The van der Waals surface area contributed by atoms with Crippen molar-refractivity contribution in [3.8, 4) is 11.4 Å². The molecule has 2 heterocycles. The molecule has 136 valence electrons. The van der Waals surface area contributed by atoms with E-state index in [1.54, 1.807) is 0 Å². The summed E-state index contributed by atoms with van der Waals surface area (Å²) in [6.07, 6.45) is 0. The number of hydrogen-bond donors (Lipinski definition) is 0. The maximum atomic E-state index is 12.2. The van der Waals surface area contributed by atoms with Crippen LogP contribution in [0.25, 0.3) is 11.4 Å². The summed E-state index contributed by atoms with van der Waals surface area (Å²) >= 11 is 1.50. The molecule has 0 aliphatic heterocycles. The van der Waals surface area contributed by atoms with E-state index in [2.05, 4.69) is 10.1 Å². The summed E-state index contributed by atoms with van der Waals surface area (Å²) in [6, 6.07) is 7.48. The summed E-state index contributed by atoms with van der Waals surface area (Å²) in [5, 5.41) is 7.58. The van der Waals surface area contributed by atoms with Gasteiger partial charge in [-0.3, -0.25) is 0 Å². The lowest BCUT2D eigenvalue weighted by Crippen LogP contribution is -2.22. The largest absolute Gasteiger partial charge is 0.452 e. The molecule has 0 saturated heterocycles. The van der Waals surface area contributed by atoms with Crippen LogP contribution >= 0.6 is 11.3 Å². The summed E-state index contributed by atoms with van der Waals surface area (Å²) < 4.78 is 35.5. The minimum absolute atomic E-state index is 0.00878. The fourth-order valence-corrected chi connectivity index (χ4v) is 3.61. The molecule has 0 aliphatic carbocycles. The maximum absolute atomic E-state index is 12.2. The molecule has 0 N–H and O–H groups in total. The molecule has 0 atom stereocenters. The van der Waals surface area contributed by atoms with Gasteiger partial charge in [-0.15, -0.1) is 0 Å². The number of carbonyl (C=O) groups is 1. The Balaban J connectivity index is 1.69. The molecule has 1 aromatic carbocycles. The van der Waals surface area contributed by atoms with E-state index in [-0.39, 0.29) is 23.0 Å². The van der Waals surface area contributed by atoms with Crippen molar-refractivity contribution < 1.29 is 22.5 Å². The molecule has 10 heteroatoms. The van der Waals surface area contributed by atoms with E-state index < -0.39 is 16.0 Å². The number of hydrogen-bond acceptors (Lipinski definition) is 8. The van der Waals surface area contributed by atoms with Crippen LogP contribution in [0.15, 0.2) is 50.5 Å². The fraction of sp³-hybridized carbons (Fsp3) is 0.188. The minimum atomic E-state index is -3.64. The van der Waals surface area contributed by atoms with Crippen molar-refractivity contribution in [1.82, 2.24) is 14.4 Å². The van der Waals surface area contributed by atoms with Gasteiger partial charge in [0, 0.05) is 25.0 Å². The third-order valence-corrected chi connectivity index (χ3v) is 5.92. The van der Waals surface area contributed by atoms with Gasteiger partial charge in [0.05, 0.1) is 10.5 Å². The first-order valence-corrected chi connectivity index (χ1v) is 9.81. The molecule has 0 fully saturated rings. The molecule has 0 unspecified atom stereocenters. The predicted molar refractivity (Wildman–Crippen MR) is 94.0 cm³/mol. The number of thiophene rings is 1. The number of ether oxygens (including phenoxy) is 1. The average Bonchev–Trinajstić information content (AvgIpc) is 3.31. The maximum Gasteiger partial charge on any atom is 0.338 e. The van der Waals surface area contributed by atoms with Gasteiger partial charge in [0.1, 0.15) is 0 Å². The van der Waals surface area contributed by atoms with Crippen LogP contribution < -0.4 is 0 Å². The summed E-state index contributed by atoms with van der Waals surface area (Å²) in [5.74, 6) is -0.121. The van der Waals surface area contributed by atoms with Crippen LogP contribution in [0.3, 0.4) is 0 Å². The van der Waals surface area contributed by atoms with E-state index in [1.807, 2.05) is 16.8 Å². The first kappa shape index (κ1) is 18.2. The Kier molecular flexibility index (Phi) is 5.16. The summed E-state index contributed by atoms with van der Waals surface area (Å²) in [4.78, 5) is 16.3. The highest BCUT2D eigenvalue weighted by Crippen LogP contribution is 2.19. The Morgan fingerprint density at radius 3 is 2.81 bits per heavy atom. The molecular weight excluding hydrogens is 378 g/mol. The fourth-order valence-electron chi connectivity index (χ4n) is 2.03. The van der Waals surface area contributed by atoms with Crippen molar-refractivity contribution in [2.24, 2.45) is 0 Å². The van der Waals surface area contributed by atoms with Gasteiger partial charge >= 0.3 is 5.97 Å². The number of carbonyl (C=O) groups excluding carboxylic acids is 1. The van der Waals surface area contributed by atoms with Gasteiger partial charge in [-0.05, 0) is 29.6 Å². The van der Waals surface area contributed by atoms with Crippen LogP contribution in [-0.4, -0.2) is 42.9 Å². The Morgan fingerprint density at radius 2 is 2.12 bits per heavy atom. The van der Waals surface area contributed by atoms with E-state index in [0.717, 1.165) is 9.87 Å². The smallest absolute Gasteiger partial charge is 0.338 e. The molecule has 0 saturated carbocycles. The van der Waals surface area contributed by atoms with Crippen molar-refractivity contribution in [1.29, 1.82) is 0 Å². The highest BCUT2D eigenvalue weighted by atomic mass is 32.2. The van der Waals surface area contributed by atoms with Gasteiger partial charge < -0.3 is 9.26 Å². The molecule has 2 aromatic heterocycles. The van der Waals surface area contributed by atoms with E-state index in [0.29, 0.717) is 5.82 Å². The number of nitrogens with zero attached hydrogens (tertiary/aromatic N) is 3. The standard InChI is InChI=1S/C16H15N3O5S2/c1-19(2)26(21,22)13-5-3-4-11(8-13)16(20)23-9-14-17-15(18-24-14)12-6-7-25-10-12/h3-8,10H,9H2,1-2H3. The van der Waals surface area contributed by atoms with Crippen molar-refractivity contribution in [2.75, 3.05) is 14.1 Å². The molecule has 0 spiro atoms. The molecule has 8 nitrogen and oxygen atoms in total. The van der Waals surface area contributed by atoms with Crippen molar-refractivity contribution in [3.05, 3.63) is 52.5 Å². The average molecular weight is 393 g/mol. The van der Waals surface area contributed by atoms with Crippen LogP contribution in [-0.2, 0) is 21.4 Å². The van der Waals surface area contributed by atoms with E-state index in [9.17, 15) is 13.2 Å². The molecule has 0 aliphatic rings. The normalized spacial score (nSPS) is 11.7. The molecular formula is C16H15N3O5S2. The Labute approximate surface area is 154 Å². The number of aromatic nitrogens is 2. The number of esters is 1. The van der Waals surface area contributed by atoms with Crippen molar-refractivity contribution >= 4 is 27.3 Å². The second-order valence-electron chi connectivity index (χ2n) is 5.42. The first-order valence-electron chi connectivity index (χ1n) is 7.43. The highest BCUT2D eigenvalue weighted by Gasteiger charge is 2.19. The molecule has 26 heavy (non-hydrogen) atoms. The SMILES string of the molecule is CN(C)S(=O)(=O)c1cccc(C(=O)OCc2nc(-c3ccsc3)no2)c1. The second-order valence-corrected chi connectivity index (χ2v) is 8.35. The van der Waals surface area contributed by atoms with E-state index >= 15 is 0 Å². The first-order chi connectivity index (χ1) is 12.4. The monoisotopic (exact) mass is 393 g/mol. The van der Waals surface area contributed by atoms with Crippen LogP contribution in [0.1, 0.15) is 16.2 Å². The molecule has 0 bridgehead atoms.